The van der Waals surface area contributed by atoms with Crippen molar-refractivity contribution < 1.29 is 9.84 Å². The third kappa shape index (κ3) is 1.47. The Kier molecular flexibility index (Phi) is 2.63. The molecule has 0 aromatic carbocycles. The molecule has 1 heterocycles. The maximum atomic E-state index is 9.35. The van der Waals surface area contributed by atoms with Gasteiger partial charge in [-0.3, -0.25) is 0 Å². The van der Waals surface area contributed by atoms with Gasteiger partial charge in [0.05, 0.1) is 17.6 Å². The second-order valence-corrected chi connectivity index (χ2v) is 3.38. The minimum Gasteiger partial charge on any atom is -0.497 e. The quantitative estimate of drug-likeness (QED) is 0.621. The van der Waals surface area contributed by atoms with Gasteiger partial charge >= 0.3 is 0 Å². The highest BCUT2D eigenvalue weighted by Crippen LogP contribution is 2.22. The van der Waals surface area contributed by atoms with E-state index in [1.54, 1.807) is 24.1 Å². The van der Waals surface area contributed by atoms with Crippen LogP contribution in [0.2, 0.25) is 0 Å². The van der Waals surface area contributed by atoms with Crippen LogP contribution in [0.5, 0.6) is 0 Å². The summed E-state index contributed by atoms with van der Waals surface area (Å²) in [7, 11) is 0. The van der Waals surface area contributed by atoms with Crippen LogP contribution in [0.1, 0.15) is 6.92 Å². The van der Waals surface area contributed by atoms with E-state index in [9.17, 15) is 5.11 Å². The monoisotopic (exact) mass is 160 g/mol. The van der Waals surface area contributed by atoms with Gasteiger partial charge in [-0.25, -0.2) is 0 Å². The van der Waals surface area contributed by atoms with Gasteiger partial charge < -0.3 is 9.84 Å². The average Bonchev–Trinajstić information content (AvgIpc) is 1.88. The fourth-order valence-electron chi connectivity index (χ4n) is 1.05. The predicted octanol–water partition coefficient (Wildman–Crippen LogP) is 1.01. The molecule has 0 fully saturated rings. The van der Waals surface area contributed by atoms with E-state index in [0.717, 1.165) is 0 Å². The fraction of sp³-hybridized carbons (Fsp3) is 0.714. The summed E-state index contributed by atoms with van der Waals surface area (Å²) in [6.07, 6.45) is 5.00. The van der Waals surface area contributed by atoms with Crippen molar-refractivity contribution in [2.24, 2.45) is 0 Å². The molecule has 0 aromatic heterocycles. The SMILES string of the molecule is CS[C@H]1[C@@H](O)C=CO[C@@H]1C. The Hall–Kier alpha value is -0.150. The Labute approximate surface area is 65.3 Å². The summed E-state index contributed by atoms with van der Waals surface area (Å²) in [5.74, 6) is 0. The van der Waals surface area contributed by atoms with Crippen molar-refractivity contribution in [3.8, 4) is 0 Å². The lowest BCUT2D eigenvalue weighted by Crippen LogP contribution is -2.35. The van der Waals surface area contributed by atoms with Crippen LogP contribution in [0, 0.1) is 0 Å². The maximum Gasteiger partial charge on any atom is 0.110 e. The normalized spacial score (nSPS) is 39.3. The van der Waals surface area contributed by atoms with Crippen LogP contribution in [0.15, 0.2) is 12.3 Å². The smallest absolute Gasteiger partial charge is 0.110 e. The summed E-state index contributed by atoms with van der Waals surface area (Å²) in [5, 5.41) is 9.54. The molecule has 0 bridgehead atoms. The Morgan fingerprint density at radius 3 is 2.70 bits per heavy atom. The van der Waals surface area contributed by atoms with Crippen molar-refractivity contribution in [1.82, 2.24) is 0 Å². The van der Waals surface area contributed by atoms with Gasteiger partial charge in [0.25, 0.3) is 0 Å². The largest absolute Gasteiger partial charge is 0.497 e. The molecule has 0 aliphatic carbocycles. The molecule has 0 aromatic rings. The van der Waals surface area contributed by atoms with Crippen LogP contribution >= 0.6 is 11.8 Å². The number of rotatable bonds is 1. The van der Waals surface area contributed by atoms with Crippen LogP contribution < -0.4 is 0 Å². The van der Waals surface area contributed by atoms with Gasteiger partial charge in [-0.05, 0) is 19.3 Å². The van der Waals surface area contributed by atoms with Gasteiger partial charge in [-0.15, -0.1) is 0 Å². The van der Waals surface area contributed by atoms with Crippen LogP contribution in [-0.4, -0.2) is 28.8 Å². The summed E-state index contributed by atoms with van der Waals surface area (Å²) in [6, 6.07) is 0. The zero-order valence-corrected chi connectivity index (χ0v) is 6.97. The summed E-state index contributed by atoms with van der Waals surface area (Å²) >= 11 is 1.64. The zero-order valence-electron chi connectivity index (χ0n) is 6.15. The van der Waals surface area contributed by atoms with E-state index < -0.39 is 0 Å². The molecule has 1 aliphatic heterocycles. The molecular formula is C7H12O2S. The third-order valence-corrected chi connectivity index (χ3v) is 2.85. The Morgan fingerprint density at radius 2 is 2.30 bits per heavy atom. The molecular weight excluding hydrogens is 148 g/mol. The van der Waals surface area contributed by atoms with E-state index in [2.05, 4.69) is 0 Å². The zero-order chi connectivity index (χ0) is 7.56. The van der Waals surface area contributed by atoms with E-state index in [-0.39, 0.29) is 17.5 Å². The first kappa shape index (κ1) is 7.95. The first-order valence-electron chi connectivity index (χ1n) is 3.28. The maximum absolute atomic E-state index is 9.35. The van der Waals surface area contributed by atoms with Crippen molar-refractivity contribution >= 4 is 11.8 Å². The highest BCUT2D eigenvalue weighted by atomic mass is 32.2. The average molecular weight is 160 g/mol. The second kappa shape index (κ2) is 3.30. The van der Waals surface area contributed by atoms with E-state index in [4.69, 9.17) is 4.74 Å². The van der Waals surface area contributed by atoms with Crippen molar-refractivity contribution in [2.45, 2.75) is 24.4 Å². The molecule has 3 atom stereocenters. The number of aliphatic hydroxyl groups excluding tert-OH is 1. The summed E-state index contributed by atoms with van der Waals surface area (Å²) < 4.78 is 5.19. The van der Waals surface area contributed by atoms with E-state index in [1.165, 1.54) is 0 Å². The molecule has 1 rings (SSSR count). The van der Waals surface area contributed by atoms with Crippen molar-refractivity contribution in [1.29, 1.82) is 0 Å². The highest BCUT2D eigenvalue weighted by Gasteiger charge is 2.26. The first-order valence-corrected chi connectivity index (χ1v) is 4.57. The van der Waals surface area contributed by atoms with Gasteiger partial charge in [-0.1, -0.05) is 0 Å². The number of aliphatic hydroxyl groups is 1. The minimum atomic E-state index is -0.348. The number of hydrogen-bond acceptors (Lipinski definition) is 3. The van der Waals surface area contributed by atoms with Crippen LogP contribution in [-0.2, 0) is 4.74 Å². The lowest BCUT2D eigenvalue weighted by atomic mass is 10.1. The molecule has 1 aliphatic rings. The van der Waals surface area contributed by atoms with E-state index >= 15 is 0 Å². The Balaban J connectivity index is 2.58. The fourth-order valence-corrected chi connectivity index (χ4v) is 1.86. The molecule has 0 spiro atoms. The molecule has 0 saturated carbocycles. The predicted molar refractivity (Wildman–Crippen MR) is 43.0 cm³/mol. The lowest BCUT2D eigenvalue weighted by Gasteiger charge is -2.28. The van der Waals surface area contributed by atoms with E-state index in [0.29, 0.717) is 0 Å². The van der Waals surface area contributed by atoms with Crippen molar-refractivity contribution in [3.05, 3.63) is 12.3 Å². The molecule has 10 heavy (non-hydrogen) atoms. The summed E-state index contributed by atoms with van der Waals surface area (Å²) in [4.78, 5) is 0. The standard InChI is InChI=1S/C7H12O2S/c1-5-7(10-2)6(8)3-4-9-5/h3-8H,1-2H3/t5-,6+,7-/m1/s1. The van der Waals surface area contributed by atoms with Crippen molar-refractivity contribution in [3.63, 3.8) is 0 Å². The Morgan fingerprint density at radius 1 is 1.60 bits per heavy atom. The molecule has 0 saturated heterocycles. The second-order valence-electron chi connectivity index (χ2n) is 2.36. The highest BCUT2D eigenvalue weighted by molar-refractivity contribution is 7.99. The number of hydrogen-bond donors (Lipinski definition) is 1. The molecule has 58 valence electrons. The molecule has 0 unspecified atom stereocenters. The first-order chi connectivity index (χ1) is 4.75. The molecule has 3 heteroatoms. The topological polar surface area (TPSA) is 29.5 Å². The van der Waals surface area contributed by atoms with Gasteiger partial charge in [0.2, 0.25) is 0 Å². The van der Waals surface area contributed by atoms with Gasteiger partial charge in [0.1, 0.15) is 6.10 Å². The van der Waals surface area contributed by atoms with Gasteiger partial charge in [0, 0.05) is 0 Å². The third-order valence-electron chi connectivity index (χ3n) is 1.64. The van der Waals surface area contributed by atoms with Gasteiger partial charge in [0.15, 0.2) is 0 Å². The molecule has 1 N–H and O–H groups in total. The van der Waals surface area contributed by atoms with Crippen molar-refractivity contribution in [2.75, 3.05) is 6.26 Å². The molecule has 2 nitrogen and oxygen atoms in total. The Bertz CT molecular complexity index is 136. The minimum absolute atomic E-state index is 0.120. The van der Waals surface area contributed by atoms with Crippen LogP contribution in [0.3, 0.4) is 0 Å². The van der Waals surface area contributed by atoms with Crippen LogP contribution in [0.25, 0.3) is 0 Å². The van der Waals surface area contributed by atoms with E-state index in [1.807, 2.05) is 13.2 Å². The van der Waals surface area contributed by atoms with Crippen LogP contribution in [0.4, 0.5) is 0 Å². The van der Waals surface area contributed by atoms with Gasteiger partial charge in [-0.2, -0.15) is 11.8 Å². The summed E-state index contributed by atoms with van der Waals surface area (Å²) in [6.45, 7) is 1.97. The number of thioether (sulfide) groups is 1. The molecule has 0 radical (unpaired) electrons. The lowest BCUT2D eigenvalue weighted by molar-refractivity contribution is 0.0837. The molecule has 0 amide bonds. The number of ether oxygens (including phenoxy) is 1. The summed E-state index contributed by atoms with van der Waals surface area (Å²) in [5.41, 5.74) is 0.